The Bertz CT molecular complexity index is 842. The van der Waals surface area contributed by atoms with Gasteiger partial charge in [-0.25, -0.2) is 0 Å². The molecule has 25 heavy (non-hydrogen) atoms. The zero-order chi connectivity index (χ0) is 18.4. The summed E-state index contributed by atoms with van der Waals surface area (Å²) in [4.78, 5) is 12.4. The zero-order valence-corrected chi connectivity index (χ0v) is 15.2. The van der Waals surface area contributed by atoms with Gasteiger partial charge in [-0.1, -0.05) is 47.5 Å². The molecule has 128 valence electrons. The normalized spacial score (nSPS) is 10.9. The number of benzene rings is 2. The van der Waals surface area contributed by atoms with Gasteiger partial charge in [0.25, 0.3) is 5.91 Å². The first-order valence-corrected chi connectivity index (χ1v) is 8.26. The van der Waals surface area contributed by atoms with Crippen molar-refractivity contribution in [2.75, 3.05) is 5.32 Å². The summed E-state index contributed by atoms with van der Waals surface area (Å²) in [6, 6.07) is 13.3. The summed E-state index contributed by atoms with van der Waals surface area (Å²) in [5.74, 6) is -0.441. The number of nitriles is 1. The fraction of sp³-hybridized carbons (Fsp3) is 0.200. The number of hydrogen-bond donors (Lipinski definition) is 2. The van der Waals surface area contributed by atoms with Gasteiger partial charge < -0.3 is 10.6 Å². The van der Waals surface area contributed by atoms with Gasteiger partial charge in [-0.05, 0) is 43.5 Å². The first-order valence-electron chi connectivity index (χ1n) is 7.88. The van der Waals surface area contributed by atoms with Crippen LogP contribution in [0.5, 0.6) is 0 Å². The highest BCUT2D eigenvalue weighted by molar-refractivity contribution is 6.31. The average Bonchev–Trinajstić information content (AvgIpc) is 2.56. The van der Waals surface area contributed by atoms with Gasteiger partial charge in [0.2, 0.25) is 0 Å². The molecule has 1 amide bonds. The SMILES string of the molecule is Cc1cc(C)c(NC(=O)/C(C#N)=C\NCc2ccccc2Cl)c(C)c1. The second kappa shape index (κ2) is 8.36. The van der Waals surface area contributed by atoms with Crippen molar-refractivity contribution in [2.24, 2.45) is 0 Å². The zero-order valence-electron chi connectivity index (χ0n) is 14.5. The lowest BCUT2D eigenvalue weighted by Crippen LogP contribution is -2.18. The van der Waals surface area contributed by atoms with Crippen molar-refractivity contribution >= 4 is 23.2 Å². The van der Waals surface area contributed by atoms with Crippen LogP contribution in [0.25, 0.3) is 0 Å². The van der Waals surface area contributed by atoms with Crippen molar-refractivity contribution in [1.82, 2.24) is 5.32 Å². The van der Waals surface area contributed by atoms with Crippen molar-refractivity contribution in [2.45, 2.75) is 27.3 Å². The van der Waals surface area contributed by atoms with Gasteiger partial charge in [0.15, 0.2) is 0 Å². The molecular weight excluding hydrogens is 334 g/mol. The summed E-state index contributed by atoms with van der Waals surface area (Å²) in [6.07, 6.45) is 1.41. The van der Waals surface area contributed by atoms with Crippen LogP contribution in [0.1, 0.15) is 22.3 Å². The van der Waals surface area contributed by atoms with E-state index < -0.39 is 5.91 Å². The third-order valence-electron chi connectivity index (χ3n) is 3.78. The maximum absolute atomic E-state index is 12.4. The second-order valence-corrected chi connectivity index (χ2v) is 6.28. The molecular formula is C20H20ClN3O. The highest BCUT2D eigenvalue weighted by Gasteiger charge is 2.12. The first-order chi connectivity index (χ1) is 11.9. The molecule has 2 aromatic rings. The van der Waals surface area contributed by atoms with E-state index in [-0.39, 0.29) is 5.57 Å². The van der Waals surface area contributed by atoms with Gasteiger partial charge in [0, 0.05) is 23.5 Å². The lowest BCUT2D eigenvalue weighted by Gasteiger charge is -2.12. The molecule has 0 saturated heterocycles. The number of rotatable bonds is 5. The number of aryl methyl sites for hydroxylation is 3. The quantitative estimate of drug-likeness (QED) is 0.618. The molecule has 0 unspecified atom stereocenters. The molecule has 4 nitrogen and oxygen atoms in total. The van der Waals surface area contributed by atoms with Gasteiger partial charge in [0.05, 0.1) is 0 Å². The highest BCUT2D eigenvalue weighted by atomic mass is 35.5. The predicted octanol–water partition coefficient (Wildman–Crippen LogP) is 4.40. The van der Waals surface area contributed by atoms with Crippen LogP contribution in [0.2, 0.25) is 5.02 Å². The predicted molar refractivity (Wildman–Crippen MR) is 101 cm³/mol. The summed E-state index contributed by atoms with van der Waals surface area (Å²) in [7, 11) is 0. The lowest BCUT2D eigenvalue weighted by atomic mass is 10.0. The summed E-state index contributed by atoms with van der Waals surface area (Å²) < 4.78 is 0. The smallest absolute Gasteiger partial charge is 0.267 e. The fourth-order valence-corrected chi connectivity index (χ4v) is 2.81. The van der Waals surface area contributed by atoms with Gasteiger partial charge in [-0.15, -0.1) is 0 Å². The minimum Gasteiger partial charge on any atom is -0.386 e. The van der Waals surface area contributed by atoms with Gasteiger partial charge in [0.1, 0.15) is 11.6 Å². The van der Waals surface area contributed by atoms with Gasteiger partial charge >= 0.3 is 0 Å². The summed E-state index contributed by atoms with van der Waals surface area (Å²) in [5, 5.41) is 15.7. The van der Waals surface area contributed by atoms with Crippen molar-refractivity contribution in [3.63, 3.8) is 0 Å². The fourth-order valence-electron chi connectivity index (χ4n) is 2.61. The minimum atomic E-state index is -0.441. The molecule has 0 heterocycles. The number of carbonyl (C=O) groups is 1. The largest absolute Gasteiger partial charge is 0.386 e. The molecule has 0 fully saturated rings. The molecule has 0 aliphatic heterocycles. The number of hydrogen-bond acceptors (Lipinski definition) is 3. The standard InChI is InChI=1S/C20H20ClN3O/c1-13-8-14(2)19(15(3)9-13)24-20(25)17(10-22)12-23-11-16-6-4-5-7-18(16)21/h4-9,12,23H,11H2,1-3H3,(H,24,25)/b17-12-. The van der Waals surface area contributed by atoms with Crippen LogP contribution in [-0.2, 0) is 11.3 Å². The van der Waals surface area contributed by atoms with E-state index in [4.69, 9.17) is 11.6 Å². The molecule has 0 aliphatic carbocycles. The Morgan fingerprint density at radius 1 is 1.20 bits per heavy atom. The van der Waals surface area contributed by atoms with Crippen LogP contribution in [0.15, 0.2) is 48.2 Å². The van der Waals surface area contributed by atoms with Crippen molar-refractivity contribution in [3.05, 3.63) is 75.4 Å². The average molecular weight is 354 g/mol. The van der Waals surface area contributed by atoms with Crippen LogP contribution in [0.4, 0.5) is 5.69 Å². The Labute approximate surface area is 153 Å². The maximum Gasteiger partial charge on any atom is 0.267 e. The van der Waals surface area contributed by atoms with E-state index in [0.29, 0.717) is 11.6 Å². The number of nitrogens with one attached hydrogen (secondary N) is 2. The number of halogens is 1. The number of carbonyl (C=O) groups excluding carboxylic acids is 1. The Hall–Kier alpha value is -2.77. The van der Waals surface area contributed by atoms with E-state index >= 15 is 0 Å². The van der Waals surface area contributed by atoms with Gasteiger partial charge in [-0.2, -0.15) is 5.26 Å². The Morgan fingerprint density at radius 2 is 1.84 bits per heavy atom. The Balaban J connectivity index is 2.09. The molecule has 0 aliphatic rings. The van der Waals surface area contributed by atoms with E-state index in [1.54, 1.807) is 6.07 Å². The Kier molecular flexibility index (Phi) is 6.21. The number of anilines is 1. The van der Waals surface area contributed by atoms with Crippen LogP contribution in [-0.4, -0.2) is 5.91 Å². The van der Waals surface area contributed by atoms with E-state index in [9.17, 15) is 10.1 Å². The molecule has 0 spiro atoms. The summed E-state index contributed by atoms with van der Waals surface area (Å²) in [5.41, 5.74) is 4.70. The van der Waals surface area contributed by atoms with E-state index in [0.717, 1.165) is 27.9 Å². The second-order valence-electron chi connectivity index (χ2n) is 5.87. The van der Waals surface area contributed by atoms with Crippen LogP contribution in [0.3, 0.4) is 0 Å². The topological polar surface area (TPSA) is 64.9 Å². The van der Waals surface area contributed by atoms with Crippen molar-refractivity contribution in [1.29, 1.82) is 5.26 Å². The molecule has 2 N–H and O–H groups in total. The first kappa shape index (κ1) is 18.6. The molecule has 2 rings (SSSR count). The summed E-state index contributed by atoms with van der Waals surface area (Å²) >= 11 is 6.09. The Morgan fingerprint density at radius 3 is 2.44 bits per heavy atom. The van der Waals surface area contributed by atoms with Crippen molar-refractivity contribution < 1.29 is 4.79 Å². The molecule has 2 aromatic carbocycles. The molecule has 0 radical (unpaired) electrons. The van der Waals surface area contributed by atoms with Crippen LogP contribution >= 0.6 is 11.6 Å². The highest BCUT2D eigenvalue weighted by Crippen LogP contribution is 2.22. The lowest BCUT2D eigenvalue weighted by molar-refractivity contribution is -0.112. The van der Waals surface area contributed by atoms with E-state index in [2.05, 4.69) is 10.6 Å². The van der Waals surface area contributed by atoms with Crippen LogP contribution < -0.4 is 10.6 Å². The molecule has 5 heteroatoms. The van der Waals surface area contributed by atoms with E-state index in [1.807, 2.05) is 57.2 Å². The number of amides is 1. The van der Waals surface area contributed by atoms with Crippen molar-refractivity contribution in [3.8, 4) is 6.07 Å². The molecule has 0 aromatic heterocycles. The van der Waals surface area contributed by atoms with Gasteiger partial charge in [-0.3, -0.25) is 4.79 Å². The molecule has 0 bridgehead atoms. The summed E-state index contributed by atoms with van der Waals surface area (Å²) in [6.45, 7) is 6.30. The molecule has 0 atom stereocenters. The third-order valence-corrected chi connectivity index (χ3v) is 4.15. The monoisotopic (exact) mass is 353 g/mol. The number of nitrogens with zero attached hydrogens (tertiary/aromatic N) is 1. The van der Waals surface area contributed by atoms with Crippen LogP contribution in [0, 0.1) is 32.1 Å². The third kappa shape index (κ3) is 4.85. The maximum atomic E-state index is 12.4. The minimum absolute atomic E-state index is 0.00595. The van der Waals surface area contributed by atoms with E-state index in [1.165, 1.54) is 6.20 Å². The molecule has 0 saturated carbocycles.